The van der Waals surface area contributed by atoms with Gasteiger partial charge in [-0.3, -0.25) is 14.3 Å². The molecule has 32 heavy (non-hydrogen) atoms. The second kappa shape index (κ2) is 8.87. The normalized spacial score (nSPS) is 14.7. The second-order valence-corrected chi connectivity index (χ2v) is 7.74. The van der Waals surface area contributed by atoms with E-state index < -0.39 is 17.7 Å². The molecule has 0 saturated carbocycles. The molecular formula is C21H18ClF3N4O3. The second-order valence-electron chi connectivity index (χ2n) is 7.33. The lowest BCUT2D eigenvalue weighted by Crippen LogP contribution is -2.42. The molecule has 0 radical (unpaired) electrons. The van der Waals surface area contributed by atoms with Crippen LogP contribution in [0.5, 0.6) is 0 Å². The molecule has 168 valence electrons. The molecule has 0 unspecified atom stereocenters. The number of carbonyl (C=O) groups is 2. The van der Waals surface area contributed by atoms with Gasteiger partial charge in [0, 0.05) is 36.1 Å². The number of benzene rings is 1. The maximum atomic E-state index is 12.9. The summed E-state index contributed by atoms with van der Waals surface area (Å²) in [4.78, 5) is 30.1. The molecule has 1 saturated heterocycles. The van der Waals surface area contributed by atoms with Crippen LogP contribution in [0, 0.1) is 0 Å². The van der Waals surface area contributed by atoms with Crippen LogP contribution < -0.4 is 0 Å². The van der Waals surface area contributed by atoms with E-state index in [9.17, 15) is 22.8 Å². The molecule has 3 heterocycles. The summed E-state index contributed by atoms with van der Waals surface area (Å²) in [5, 5.41) is 5.27. The van der Waals surface area contributed by atoms with Crippen molar-refractivity contribution in [2.75, 3.05) is 26.3 Å². The Kier molecular flexibility index (Phi) is 6.16. The molecule has 1 aliphatic rings. The highest BCUT2D eigenvalue weighted by Crippen LogP contribution is 2.28. The maximum absolute atomic E-state index is 12.9. The number of nitrogens with zero attached hydrogens (tertiary/aromatic N) is 4. The number of morpholine rings is 1. The van der Waals surface area contributed by atoms with Gasteiger partial charge in [0.2, 0.25) is 5.91 Å². The van der Waals surface area contributed by atoms with Crippen LogP contribution in [-0.4, -0.2) is 57.7 Å². The number of amides is 1. The van der Waals surface area contributed by atoms with Crippen LogP contribution in [0.4, 0.5) is 13.2 Å². The zero-order chi connectivity index (χ0) is 22.9. The summed E-state index contributed by atoms with van der Waals surface area (Å²) in [6, 6.07) is 6.39. The molecule has 1 aliphatic heterocycles. The van der Waals surface area contributed by atoms with Crippen LogP contribution in [0.2, 0.25) is 5.02 Å². The SMILES string of the molecule is O=C(Cc1cc2cn(CC(=O)N3CCOCC3)nc2cc1Cl)c1cccc(C(F)(F)F)n1. The molecule has 3 aromatic rings. The Balaban J connectivity index is 1.52. The number of fused-ring (bicyclic) bond motifs is 1. The van der Waals surface area contributed by atoms with Gasteiger partial charge in [0.05, 0.1) is 18.7 Å². The topological polar surface area (TPSA) is 77.3 Å². The lowest BCUT2D eigenvalue weighted by molar-refractivity contribution is -0.141. The maximum Gasteiger partial charge on any atom is 0.433 e. The number of rotatable bonds is 5. The smallest absolute Gasteiger partial charge is 0.378 e. The fourth-order valence-electron chi connectivity index (χ4n) is 3.42. The Hall–Kier alpha value is -2.98. The molecule has 2 aromatic heterocycles. The predicted molar refractivity (Wildman–Crippen MR) is 109 cm³/mol. The first kappa shape index (κ1) is 22.2. The van der Waals surface area contributed by atoms with Gasteiger partial charge < -0.3 is 9.64 Å². The number of ketones is 1. The Morgan fingerprint density at radius 2 is 1.91 bits per heavy atom. The molecule has 1 fully saturated rings. The zero-order valence-corrected chi connectivity index (χ0v) is 17.5. The summed E-state index contributed by atoms with van der Waals surface area (Å²) >= 11 is 6.28. The average molecular weight is 467 g/mol. The number of alkyl halides is 3. The van der Waals surface area contributed by atoms with E-state index in [1.165, 1.54) is 10.7 Å². The van der Waals surface area contributed by atoms with Crippen molar-refractivity contribution < 1.29 is 27.5 Å². The van der Waals surface area contributed by atoms with Crippen LogP contribution in [0.15, 0.2) is 36.5 Å². The molecule has 4 rings (SSSR count). The van der Waals surface area contributed by atoms with Crippen molar-refractivity contribution in [1.29, 1.82) is 0 Å². The molecule has 7 nitrogen and oxygen atoms in total. The number of carbonyl (C=O) groups excluding carboxylic acids is 2. The van der Waals surface area contributed by atoms with Crippen LogP contribution in [0.1, 0.15) is 21.7 Å². The highest BCUT2D eigenvalue weighted by atomic mass is 35.5. The van der Waals surface area contributed by atoms with E-state index in [1.807, 2.05) is 0 Å². The lowest BCUT2D eigenvalue weighted by atomic mass is 10.0. The third-order valence-electron chi connectivity index (χ3n) is 5.06. The van der Waals surface area contributed by atoms with Crippen LogP contribution in [-0.2, 0) is 28.7 Å². The number of hydrogen-bond acceptors (Lipinski definition) is 5. The summed E-state index contributed by atoms with van der Waals surface area (Å²) in [6.07, 6.45) is -3.19. The number of Topliss-reactive ketones (excluding diaryl/α,β-unsaturated/α-hetero) is 1. The summed E-state index contributed by atoms with van der Waals surface area (Å²) < 4.78 is 45.4. The largest absolute Gasteiger partial charge is 0.433 e. The molecule has 1 aromatic carbocycles. The minimum absolute atomic E-state index is 0.0503. The molecule has 1 amide bonds. The van der Waals surface area contributed by atoms with Crippen LogP contribution in [0.25, 0.3) is 10.9 Å². The van der Waals surface area contributed by atoms with Crippen molar-refractivity contribution in [2.45, 2.75) is 19.1 Å². The van der Waals surface area contributed by atoms with Gasteiger partial charge in [-0.1, -0.05) is 17.7 Å². The molecular weight excluding hydrogens is 449 g/mol. The predicted octanol–water partition coefficient (Wildman–Crippen LogP) is 3.39. The number of aromatic nitrogens is 3. The third kappa shape index (κ3) is 4.91. The van der Waals surface area contributed by atoms with Gasteiger partial charge in [0.15, 0.2) is 5.78 Å². The average Bonchev–Trinajstić information content (AvgIpc) is 3.14. The number of halogens is 4. The summed E-state index contributed by atoms with van der Waals surface area (Å²) in [5.74, 6) is -0.675. The van der Waals surface area contributed by atoms with E-state index in [4.69, 9.17) is 16.3 Å². The quantitative estimate of drug-likeness (QED) is 0.539. The first-order valence-electron chi connectivity index (χ1n) is 9.79. The van der Waals surface area contributed by atoms with Gasteiger partial charge in [-0.15, -0.1) is 0 Å². The minimum atomic E-state index is -4.64. The first-order valence-corrected chi connectivity index (χ1v) is 10.2. The van der Waals surface area contributed by atoms with Gasteiger partial charge in [-0.2, -0.15) is 18.3 Å². The lowest BCUT2D eigenvalue weighted by Gasteiger charge is -2.26. The number of hydrogen-bond donors (Lipinski definition) is 0. The van der Waals surface area contributed by atoms with Crippen molar-refractivity contribution >= 4 is 34.2 Å². The monoisotopic (exact) mass is 466 g/mol. The Bertz CT molecular complexity index is 1170. The first-order chi connectivity index (χ1) is 15.2. The van der Waals surface area contributed by atoms with Crippen molar-refractivity contribution in [3.63, 3.8) is 0 Å². The highest BCUT2D eigenvalue weighted by Gasteiger charge is 2.33. The van der Waals surface area contributed by atoms with Crippen LogP contribution >= 0.6 is 11.6 Å². The summed E-state index contributed by atoms with van der Waals surface area (Å²) in [7, 11) is 0. The van der Waals surface area contributed by atoms with Crippen molar-refractivity contribution in [3.8, 4) is 0 Å². The van der Waals surface area contributed by atoms with E-state index in [1.54, 1.807) is 23.2 Å². The number of pyridine rings is 1. The van der Waals surface area contributed by atoms with E-state index in [0.29, 0.717) is 42.8 Å². The van der Waals surface area contributed by atoms with E-state index in [2.05, 4.69) is 10.1 Å². The van der Waals surface area contributed by atoms with Gasteiger partial charge in [0.1, 0.15) is 17.9 Å². The fourth-order valence-corrected chi connectivity index (χ4v) is 3.65. The van der Waals surface area contributed by atoms with E-state index in [-0.39, 0.29) is 29.6 Å². The molecule has 0 N–H and O–H groups in total. The molecule has 0 bridgehead atoms. The van der Waals surface area contributed by atoms with Gasteiger partial charge in [0.25, 0.3) is 0 Å². The molecule has 0 atom stereocenters. The number of ether oxygens (including phenoxy) is 1. The van der Waals surface area contributed by atoms with Gasteiger partial charge >= 0.3 is 6.18 Å². The van der Waals surface area contributed by atoms with Gasteiger partial charge in [-0.25, -0.2) is 4.98 Å². The minimum Gasteiger partial charge on any atom is -0.378 e. The Morgan fingerprint density at radius 3 is 2.62 bits per heavy atom. The Labute approximate surface area is 185 Å². The molecule has 11 heteroatoms. The van der Waals surface area contributed by atoms with Crippen molar-refractivity contribution in [2.24, 2.45) is 0 Å². The third-order valence-corrected chi connectivity index (χ3v) is 5.41. The summed E-state index contributed by atoms with van der Waals surface area (Å²) in [6.45, 7) is 2.11. The Morgan fingerprint density at radius 1 is 1.16 bits per heavy atom. The van der Waals surface area contributed by atoms with Crippen molar-refractivity contribution in [3.05, 3.63) is 58.5 Å². The fraction of sp³-hybridized carbons (Fsp3) is 0.333. The van der Waals surface area contributed by atoms with Crippen molar-refractivity contribution in [1.82, 2.24) is 19.7 Å². The molecule has 0 spiro atoms. The summed E-state index contributed by atoms with van der Waals surface area (Å²) in [5.41, 5.74) is -0.445. The zero-order valence-electron chi connectivity index (χ0n) is 16.7. The standard InChI is InChI=1S/C21H18ClF3N4O3/c22-15-10-17-14(11-29(27-17)12-20(31)28-4-6-32-7-5-28)8-13(15)9-18(30)16-2-1-3-19(26-16)21(23,24)25/h1-3,8,10-11H,4-7,9,12H2. The van der Waals surface area contributed by atoms with Gasteiger partial charge in [-0.05, 0) is 29.8 Å². The van der Waals surface area contributed by atoms with Crippen LogP contribution in [0.3, 0.4) is 0 Å². The van der Waals surface area contributed by atoms with E-state index >= 15 is 0 Å². The highest BCUT2D eigenvalue weighted by molar-refractivity contribution is 6.32. The van der Waals surface area contributed by atoms with E-state index in [0.717, 1.165) is 12.1 Å². The molecule has 0 aliphatic carbocycles.